The van der Waals surface area contributed by atoms with Crippen molar-refractivity contribution in [1.82, 2.24) is 0 Å². The minimum absolute atomic E-state index is 0.231. The number of ether oxygens (including phenoxy) is 2. The molecule has 0 spiro atoms. The molecule has 0 radical (unpaired) electrons. The van der Waals surface area contributed by atoms with Crippen LogP contribution in [0.3, 0.4) is 0 Å². The van der Waals surface area contributed by atoms with Gasteiger partial charge in [0, 0.05) is 11.4 Å². The summed E-state index contributed by atoms with van der Waals surface area (Å²) in [5.74, 6) is -2.79. The highest BCUT2D eigenvalue weighted by atomic mass is 79.9. The third-order valence-electron chi connectivity index (χ3n) is 3.31. The first-order valence-electron chi connectivity index (χ1n) is 7.32. The minimum Gasteiger partial charge on any atom is -0.465 e. The molecule has 5 heteroatoms. The van der Waals surface area contributed by atoms with Crippen LogP contribution in [0.25, 0.3) is 0 Å². The highest BCUT2D eigenvalue weighted by molar-refractivity contribution is 9.10. The smallest absolute Gasteiger partial charge is 0.320 e. The molecule has 4 nitrogen and oxygen atoms in total. The molecule has 1 N–H and O–H groups in total. The molecule has 0 heterocycles. The summed E-state index contributed by atoms with van der Waals surface area (Å²) < 4.78 is 11.6. The maximum Gasteiger partial charge on any atom is 0.320 e. The Morgan fingerprint density at radius 2 is 1.91 bits per heavy atom. The van der Waals surface area contributed by atoms with Crippen molar-refractivity contribution in [3.8, 4) is 5.75 Å². The molecule has 2 aromatic carbocycles. The Morgan fingerprint density at radius 3 is 2.52 bits per heavy atom. The van der Waals surface area contributed by atoms with E-state index >= 15 is 0 Å². The van der Waals surface area contributed by atoms with E-state index in [9.17, 15) is 9.90 Å². The van der Waals surface area contributed by atoms with Crippen LogP contribution in [0.2, 0.25) is 0 Å². The summed E-state index contributed by atoms with van der Waals surface area (Å²) in [6.45, 7) is 3.42. The first kappa shape index (κ1) is 17.5. The fourth-order valence-corrected chi connectivity index (χ4v) is 2.74. The lowest BCUT2D eigenvalue weighted by molar-refractivity contribution is -0.175. The Kier molecular flexibility index (Phi) is 5.80. The second-order valence-electron chi connectivity index (χ2n) is 5.21. The number of esters is 1. The molecular formula is C18H19BrO4. The van der Waals surface area contributed by atoms with E-state index in [0.717, 1.165) is 4.47 Å². The zero-order valence-corrected chi connectivity index (χ0v) is 14.6. The van der Waals surface area contributed by atoms with Crippen molar-refractivity contribution < 1.29 is 19.4 Å². The average Bonchev–Trinajstić information content (AvgIpc) is 2.48. The highest BCUT2D eigenvalue weighted by Gasteiger charge is 2.42. The standard InChI is InChI=1S/C18H19BrO4/c1-3-22-17(20)16(13-8-5-4-6-9-13)18(2,21)23-15-11-7-10-14(19)12-15/h4-12,16,21H,3H2,1-2H3. The first-order chi connectivity index (χ1) is 10.9. The summed E-state index contributed by atoms with van der Waals surface area (Å²) in [7, 11) is 0. The molecular weight excluding hydrogens is 360 g/mol. The van der Waals surface area contributed by atoms with Crippen LogP contribution in [0.5, 0.6) is 5.75 Å². The van der Waals surface area contributed by atoms with Gasteiger partial charge in [0.15, 0.2) is 0 Å². The summed E-state index contributed by atoms with van der Waals surface area (Å²) in [4.78, 5) is 12.4. The van der Waals surface area contributed by atoms with Crippen LogP contribution in [0, 0.1) is 0 Å². The van der Waals surface area contributed by atoms with E-state index in [1.165, 1.54) is 6.92 Å². The molecule has 0 fully saturated rings. The Balaban J connectivity index is 2.34. The Hall–Kier alpha value is -1.85. The third-order valence-corrected chi connectivity index (χ3v) is 3.80. The van der Waals surface area contributed by atoms with Gasteiger partial charge < -0.3 is 14.6 Å². The lowest BCUT2D eigenvalue weighted by Crippen LogP contribution is -2.43. The van der Waals surface area contributed by atoms with E-state index in [4.69, 9.17) is 9.47 Å². The van der Waals surface area contributed by atoms with Gasteiger partial charge in [0.1, 0.15) is 11.7 Å². The Morgan fingerprint density at radius 1 is 1.22 bits per heavy atom. The van der Waals surface area contributed by atoms with Gasteiger partial charge in [-0.15, -0.1) is 0 Å². The number of hydrogen-bond donors (Lipinski definition) is 1. The molecule has 2 aromatic rings. The van der Waals surface area contributed by atoms with Crippen LogP contribution in [0.1, 0.15) is 25.3 Å². The van der Waals surface area contributed by atoms with E-state index in [0.29, 0.717) is 11.3 Å². The van der Waals surface area contributed by atoms with Crippen molar-refractivity contribution in [2.45, 2.75) is 25.6 Å². The molecule has 0 amide bonds. The normalized spacial score (nSPS) is 14.6. The van der Waals surface area contributed by atoms with Gasteiger partial charge in [-0.1, -0.05) is 52.3 Å². The molecule has 0 saturated carbocycles. The van der Waals surface area contributed by atoms with Crippen LogP contribution in [-0.4, -0.2) is 23.5 Å². The van der Waals surface area contributed by atoms with E-state index < -0.39 is 17.7 Å². The number of carbonyl (C=O) groups excluding carboxylic acids is 1. The van der Waals surface area contributed by atoms with E-state index in [2.05, 4.69) is 15.9 Å². The zero-order valence-electron chi connectivity index (χ0n) is 13.0. The SMILES string of the molecule is CCOC(=O)C(c1ccccc1)C(C)(O)Oc1cccc(Br)c1. The number of rotatable bonds is 6. The largest absolute Gasteiger partial charge is 0.465 e. The van der Waals surface area contributed by atoms with E-state index in [1.807, 2.05) is 12.1 Å². The number of hydrogen-bond acceptors (Lipinski definition) is 4. The number of halogens is 1. The van der Waals surface area contributed by atoms with Crippen molar-refractivity contribution in [2.24, 2.45) is 0 Å². The summed E-state index contributed by atoms with van der Waals surface area (Å²) >= 11 is 3.35. The predicted molar refractivity (Wildman–Crippen MR) is 91.2 cm³/mol. The first-order valence-corrected chi connectivity index (χ1v) is 8.12. The molecule has 2 unspecified atom stereocenters. The summed E-state index contributed by atoms with van der Waals surface area (Å²) in [5.41, 5.74) is 0.631. The molecule has 0 bridgehead atoms. The van der Waals surface area contributed by atoms with E-state index in [1.54, 1.807) is 49.4 Å². The second-order valence-corrected chi connectivity index (χ2v) is 6.13. The van der Waals surface area contributed by atoms with Crippen molar-refractivity contribution in [1.29, 1.82) is 0 Å². The molecule has 0 saturated heterocycles. The van der Waals surface area contributed by atoms with Gasteiger partial charge in [-0.2, -0.15) is 0 Å². The van der Waals surface area contributed by atoms with Crippen LogP contribution >= 0.6 is 15.9 Å². The summed E-state index contributed by atoms with van der Waals surface area (Å²) in [5, 5.41) is 10.8. The van der Waals surface area contributed by atoms with Gasteiger partial charge in [-0.3, -0.25) is 4.79 Å². The minimum atomic E-state index is -1.76. The van der Waals surface area contributed by atoms with Crippen molar-refractivity contribution in [2.75, 3.05) is 6.61 Å². The molecule has 122 valence electrons. The van der Waals surface area contributed by atoms with Crippen molar-refractivity contribution in [3.05, 3.63) is 64.6 Å². The fourth-order valence-electron chi connectivity index (χ4n) is 2.36. The molecule has 0 aliphatic heterocycles. The maximum absolute atomic E-state index is 12.4. The van der Waals surface area contributed by atoms with Gasteiger partial charge >= 0.3 is 5.97 Å². The van der Waals surface area contributed by atoms with Gasteiger partial charge in [0.25, 0.3) is 0 Å². The monoisotopic (exact) mass is 378 g/mol. The number of carbonyl (C=O) groups is 1. The van der Waals surface area contributed by atoms with Crippen LogP contribution in [0.4, 0.5) is 0 Å². The number of benzene rings is 2. The molecule has 2 rings (SSSR count). The van der Waals surface area contributed by atoms with Crippen molar-refractivity contribution in [3.63, 3.8) is 0 Å². The van der Waals surface area contributed by atoms with Gasteiger partial charge in [0.05, 0.1) is 6.61 Å². The Bertz CT molecular complexity index is 655. The predicted octanol–water partition coefficient (Wildman–Crippen LogP) is 3.88. The molecule has 23 heavy (non-hydrogen) atoms. The van der Waals surface area contributed by atoms with Crippen molar-refractivity contribution >= 4 is 21.9 Å². The van der Waals surface area contributed by atoms with Crippen LogP contribution < -0.4 is 4.74 Å². The van der Waals surface area contributed by atoms with Crippen LogP contribution in [-0.2, 0) is 9.53 Å². The molecule has 2 atom stereocenters. The second kappa shape index (κ2) is 7.62. The third kappa shape index (κ3) is 4.56. The van der Waals surface area contributed by atoms with Gasteiger partial charge in [0.2, 0.25) is 5.79 Å². The Labute approximate surface area is 144 Å². The average molecular weight is 379 g/mol. The van der Waals surface area contributed by atoms with Crippen LogP contribution in [0.15, 0.2) is 59.1 Å². The highest BCUT2D eigenvalue weighted by Crippen LogP contribution is 2.33. The lowest BCUT2D eigenvalue weighted by Gasteiger charge is -2.32. The summed E-state index contributed by atoms with van der Waals surface area (Å²) in [6, 6.07) is 16.1. The molecule has 0 aromatic heterocycles. The maximum atomic E-state index is 12.4. The molecule has 0 aliphatic rings. The van der Waals surface area contributed by atoms with Gasteiger partial charge in [-0.05, 0) is 30.7 Å². The fraction of sp³-hybridized carbons (Fsp3) is 0.278. The molecule has 0 aliphatic carbocycles. The number of aliphatic hydroxyl groups is 1. The zero-order chi connectivity index (χ0) is 16.9. The lowest BCUT2D eigenvalue weighted by atomic mass is 9.91. The summed E-state index contributed by atoms with van der Waals surface area (Å²) in [6.07, 6.45) is 0. The van der Waals surface area contributed by atoms with E-state index in [-0.39, 0.29) is 6.61 Å². The van der Waals surface area contributed by atoms with Gasteiger partial charge in [-0.25, -0.2) is 0 Å². The quantitative estimate of drug-likeness (QED) is 0.611. The topological polar surface area (TPSA) is 55.8 Å².